The lowest BCUT2D eigenvalue weighted by atomic mass is 9.83. The maximum Gasteiger partial charge on any atom is 0.250 e. The van der Waals surface area contributed by atoms with E-state index in [2.05, 4.69) is 17.0 Å². The van der Waals surface area contributed by atoms with Crippen molar-refractivity contribution < 1.29 is 8.42 Å². The van der Waals surface area contributed by atoms with Crippen molar-refractivity contribution in [2.24, 2.45) is 11.8 Å². The van der Waals surface area contributed by atoms with Crippen LogP contribution < -0.4 is 10.0 Å². The molecule has 21 heavy (non-hydrogen) atoms. The van der Waals surface area contributed by atoms with E-state index in [0.29, 0.717) is 16.7 Å². The van der Waals surface area contributed by atoms with Gasteiger partial charge in [-0.2, -0.15) is 0 Å². The first kappa shape index (κ1) is 16.9. The maximum atomic E-state index is 12.3. The Labute approximate surface area is 132 Å². The molecule has 0 amide bonds. The van der Waals surface area contributed by atoms with E-state index in [0.717, 1.165) is 37.4 Å². The molecule has 1 aromatic heterocycles. The summed E-state index contributed by atoms with van der Waals surface area (Å²) in [4.78, 5) is 0. The van der Waals surface area contributed by atoms with Gasteiger partial charge in [0, 0.05) is 13.1 Å². The summed E-state index contributed by atoms with van der Waals surface area (Å²) in [7, 11) is -3.34. The molecular formula is C15H26N2O2S2. The molecule has 0 aromatic carbocycles. The highest BCUT2D eigenvalue weighted by atomic mass is 32.2. The second-order valence-corrected chi connectivity index (χ2v) is 8.94. The van der Waals surface area contributed by atoms with Crippen LogP contribution in [-0.2, 0) is 16.6 Å². The third-order valence-electron chi connectivity index (χ3n) is 4.17. The molecule has 1 aliphatic carbocycles. The van der Waals surface area contributed by atoms with Crippen molar-refractivity contribution in [2.75, 3.05) is 13.1 Å². The Morgan fingerprint density at radius 3 is 2.67 bits per heavy atom. The highest BCUT2D eigenvalue weighted by molar-refractivity contribution is 7.91. The fourth-order valence-corrected chi connectivity index (χ4v) is 5.06. The van der Waals surface area contributed by atoms with Gasteiger partial charge in [-0.15, -0.1) is 11.3 Å². The Morgan fingerprint density at radius 1 is 1.29 bits per heavy atom. The first-order valence-corrected chi connectivity index (χ1v) is 10.2. The van der Waals surface area contributed by atoms with Crippen LogP contribution in [0.25, 0.3) is 0 Å². The third kappa shape index (κ3) is 5.06. The molecule has 1 aromatic rings. The third-order valence-corrected chi connectivity index (χ3v) is 7.08. The largest absolute Gasteiger partial charge is 0.313 e. The molecule has 2 rings (SSSR count). The SMILES string of the molecule is CCNCc1csc(S(=O)(=O)NCC2CCC(C)CC2)c1. The van der Waals surface area contributed by atoms with Gasteiger partial charge in [-0.3, -0.25) is 0 Å². The van der Waals surface area contributed by atoms with Gasteiger partial charge in [0.15, 0.2) is 0 Å². The molecule has 0 aliphatic heterocycles. The Kier molecular flexibility index (Phi) is 6.22. The van der Waals surface area contributed by atoms with Gasteiger partial charge in [0.05, 0.1) is 0 Å². The van der Waals surface area contributed by atoms with Crippen LogP contribution in [-0.4, -0.2) is 21.5 Å². The van der Waals surface area contributed by atoms with Gasteiger partial charge < -0.3 is 5.32 Å². The quantitative estimate of drug-likeness (QED) is 0.808. The highest BCUT2D eigenvalue weighted by Crippen LogP contribution is 2.28. The van der Waals surface area contributed by atoms with E-state index in [4.69, 9.17) is 0 Å². The van der Waals surface area contributed by atoms with E-state index in [1.807, 2.05) is 12.3 Å². The summed E-state index contributed by atoms with van der Waals surface area (Å²) >= 11 is 1.30. The zero-order valence-corrected chi connectivity index (χ0v) is 14.5. The van der Waals surface area contributed by atoms with Crippen molar-refractivity contribution in [1.29, 1.82) is 0 Å². The van der Waals surface area contributed by atoms with Crippen LogP contribution in [0, 0.1) is 11.8 Å². The van der Waals surface area contributed by atoms with Crippen LogP contribution in [0.15, 0.2) is 15.7 Å². The van der Waals surface area contributed by atoms with Crippen LogP contribution in [0.3, 0.4) is 0 Å². The summed E-state index contributed by atoms with van der Waals surface area (Å²) < 4.78 is 27.8. The molecule has 1 aliphatic rings. The lowest BCUT2D eigenvalue weighted by molar-refractivity contribution is 0.290. The summed E-state index contributed by atoms with van der Waals surface area (Å²) in [6.07, 6.45) is 4.72. The minimum absolute atomic E-state index is 0.430. The van der Waals surface area contributed by atoms with Crippen molar-refractivity contribution in [3.05, 3.63) is 17.0 Å². The Morgan fingerprint density at radius 2 is 2.00 bits per heavy atom. The minimum atomic E-state index is -3.34. The molecule has 0 atom stereocenters. The van der Waals surface area contributed by atoms with Crippen LogP contribution >= 0.6 is 11.3 Å². The van der Waals surface area contributed by atoms with Crippen molar-refractivity contribution in [1.82, 2.24) is 10.0 Å². The molecule has 2 N–H and O–H groups in total. The lowest BCUT2D eigenvalue weighted by Gasteiger charge is -2.26. The van der Waals surface area contributed by atoms with Crippen molar-refractivity contribution in [3.63, 3.8) is 0 Å². The molecule has 1 heterocycles. The van der Waals surface area contributed by atoms with Gasteiger partial charge >= 0.3 is 0 Å². The van der Waals surface area contributed by atoms with Crippen molar-refractivity contribution >= 4 is 21.4 Å². The lowest BCUT2D eigenvalue weighted by Crippen LogP contribution is -2.30. The van der Waals surface area contributed by atoms with Crippen LogP contribution in [0.2, 0.25) is 0 Å². The van der Waals surface area contributed by atoms with Crippen molar-refractivity contribution in [3.8, 4) is 0 Å². The summed E-state index contributed by atoms with van der Waals surface area (Å²) in [5.41, 5.74) is 1.04. The Hall–Kier alpha value is -0.430. The van der Waals surface area contributed by atoms with E-state index < -0.39 is 10.0 Å². The van der Waals surface area contributed by atoms with Crippen molar-refractivity contribution in [2.45, 2.75) is 50.3 Å². The van der Waals surface area contributed by atoms with E-state index in [-0.39, 0.29) is 0 Å². The standard InChI is InChI=1S/C15H26N2O2S2/c1-3-16-9-14-8-15(20-11-14)21(18,19)17-10-13-6-4-12(2)5-7-13/h8,11-13,16-17H,3-7,9-10H2,1-2H3. The molecule has 0 bridgehead atoms. The van der Waals surface area contributed by atoms with Gasteiger partial charge in [0.25, 0.3) is 0 Å². The normalized spacial score (nSPS) is 23.3. The number of nitrogens with one attached hydrogen (secondary N) is 2. The number of thiophene rings is 1. The van der Waals surface area contributed by atoms with E-state index in [1.165, 1.54) is 24.2 Å². The summed E-state index contributed by atoms with van der Waals surface area (Å²) in [6.45, 7) is 6.50. The molecule has 6 heteroatoms. The summed E-state index contributed by atoms with van der Waals surface area (Å²) in [5.74, 6) is 1.29. The average Bonchev–Trinajstić information content (AvgIpc) is 2.94. The maximum absolute atomic E-state index is 12.3. The van der Waals surface area contributed by atoms with Gasteiger partial charge in [0.1, 0.15) is 4.21 Å². The molecule has 0 unspecified atom stereocenters. The molecule has 120 valence electrons. The first-order valence-electron chi connectivity index (χ1n) is 7.79. The number of hydrogen-bond acceptors (Lipinski definition) is 4. The minimum Gasteiger partial charge on any atom is -0.313 e. The van der Waals surface area contributed by atoms with Crippen LogP contribution in [0.5, 0.6) is 0 Å². The molecule has 4 nitrogen and oxygen atoms in total. The second kappa shape index (κ2) is 7.72. The Bertz CT molecular complexity index is 532. The first-order chi connectivity index (χ1) is 10.0. The Balaban J connectivity index is 1.87. The van der Waals surface area contributed by atoms with Crippen LogP contribution in [0.1, 0.15) is 45.1 Å². The van der Waals surface area contributed by atoms with E-state index in [9.17, 15) is 8.42 Å². The fraction of sp³-hybridized carbons (Fsp3) is 0.733. The predicted molar refractivity (Wildman–Crippen MR) is 88.0 cm³/mol. The molecule has 1 saturated carbocycles. The fourth-order valence-electron chi connectivity index (χ4n) is 2.69. The molecule has 0 radical (unpaired) electrons. The molecule has 0 spiro atoms. The summed E-state index contributed by atoms with van der Waals surface area (Å²) in [6, 6.07) is 1.78. The smallest absolute Gasteiger partial charge is 0.250 e. The predicted octanol–water partition coefficient (Wildman–Crippen LogP) is 2.96. The van der Waals surface area contributed by atoms with Gasteiger partial charge in [-0.25, -0.2) is 13.1 Å². The van der Waals surface area contributed by atoms with E-state index >= 15 is 0 Å². The number of hydrogen-bond donors (Lipinski definition) is 2. The highest BCUT2D eigenvalue weighted by Gasteiger charge is 2.22. The molecule has 0 saturated heterocycles. The molecular weight excluding hydrogens is 304 g/mol. The van der Waals surface area contributed by atoms with Gasteiger partial charge in [0.2, 0.25) is 10.0 Å². The number of rotatable bonds is 7. The van der Waals surface area contributed by atoms with Gasteiger partial charge in [-0.05, 0) is 48.2 Å². The molecule has 1 fully saturated rings. The van der Waals surface area contributed by atoms with Crippen LogP contribution in [0.4, 0.5) is 0 Å². The topological polar surface area (TPSA) is 58.2 Å². The number of sulfonamides is 1. The monoisotopic (exact) mass is 330 g/mol. The zero-order chi connectivity index (χ0) is 15.3. The summed E-state index contributed by atoms with van der Waals surface area (Å²) in [5, 5.41) is 5.12. The van der Waals surface area contributed by atoms with E-state index in [1.54, 1.807) is 6.07 Å². The second-order valence-electron chi connectivity index (χ2n) is 6.03. The average molecular weight is 331 g/mol. The van der Waals surface area contributed by atoms with Gasteiger partial charge in [-0.1, -0.05) is 26.7 Å². The zero-order valence-electron chi connectivity index (χ0n) is 12.9.